The molecule has 2 atom stereocenters. The molecular formula is C19H27N5S. The van der Waals surface area contributed by atoms with E-state index in [2.05, 4.69) is 63.7 Å². The second-order valence-electron chi connectivity index (χ2n) is 6.28. The lowest BCUT2D eigenvalue weighted by Crippen LogP contribution is -2.42. The van der Waals surface area contributed by atoms with Gasteiger partial charge < -0.3 is 10.6 Å². The summed E-state index contributed by atoms with van der Waals surface area (Å²) in [7, 11) is 1.84. The maximum atomic E-state index is 4.38. The molecule has 1 aromatic carbocycles. The molecule has 0 aliphatic heterocycles. The summed E-state index contributed by atoms with van der Waals surface area (Å²) in [5.41, 5.74) is 2.28. The summed E-state index contributed by atoms with van der Waals surface area (Å²) in [6, 6.07) is 10.9. The van der Waals surface area contributed by atoms with Gasteiger partial charge in [-0.1, -0.05) is 19.1 Å². The van der Waals surface area contributed by atoms with Crippen LogP contribution >= 0.6 is 11.8 Å². The summed E-state index contributed by atoms with van der Waals surface area (Å²) in [4.78, 5) is 4.38. The van der Waals surface area contributed by atoms with E-state index in [0.29, 0.717) is 6.04 Å². The van der Waals surface area contributed by atoms with Crippen LogP contribution in [0.4, 0.5) is 0 Å². The van der Waals surface area contributed by atoms with Crippen LogP contribution in [0.3, 0.4) is 0 Å². The SMILES string of the molecule is CCSC1CCC(NC(=NC)NCc2cccc(-n3cccn3)c2)C1. The fraction of sp³-hybridized carbons (Fsp3) is 0.474. The first-order valence-corrected chi connectivity index (χ1v) is 10.0. The monoisotopic (exact) mass is 357 g/mol. The van der Waals surface area contributed by atoms with Crippen molar-refractivity contribution in [1.29, 1.82) is 0 Å². The summed E-state index contributed by atoms with van der Waals surface area (Å²) in [5, 5.41) is 12.1. The third kappa shape index (κ3) is 5.01. The molecule has 6 heteroatoms. The predicted octanol–water partition coefficient (Wildman–Crippen LogP) is 3.21. The number of hydrogen-bond acceptors (Lipinski definition) is 3. The van der Waals surface area contributed by atoms with Crippen LogP contribution in [0.5, 0.6) is 0 Å². The highest BCUT2D eigenvalue weighted by molar-refractivity contribution is 7.99. The van der Waals surface area contributed by atoms with Gasteiger partial charge in [0.05, 0.1) is 5.69 Å². The smallest absolute Gasteiger partial charge is 0.191 e. The molecule has 5 nitrogen and oxygen atoms in total. The van der Waals surface area contributed by atoms with E-state index in [1.165, 1.54) is 30.6 Å². The van der Waals surface area contributed by atoms with E-state index in [1.807, 2.05) is 24.0 Å². The Morgan fingerprint density at radius 3 is 3.04 bits per heavy atom. The van der Waals surface area contributed by atoms with Crippen molar-refractivity contribution in [3.63, 3.8) is 0 Å². The summed E-state index contributed by atoms with van der Waals surface area (Å²) >= 11 is 2.08. The number of benzene rings is 1. The second-order valence-corrected chi connectivity index (χ2v) is 7.86. The Morgan fingerprint density at radius 2 is 2.28 bits per heavy atom. The molecule has 2 unspecified atom stereocenters. The third-order valence-electron chi connectivity index (χ3n) is 4.49. The largest absolute Gasteiger partial charge is 0.354 e. The third-order valence-corrected chi connectivity index (χ3v) is 5.72. The van der Waals surface area contributed by atoms with Gasteiger partial charge in [0.15, 0.2) is 5.96 Å². The topological polar surface area (TPSA) is 54.2 Å². The standard InChI is InChI=1S/C19H27N5S/c1-3-25-18-9-8-16(13-18)23-19(20-2)21-14-15-6-4-7-17(12-15)24-11-5-10-22-24/h4-7,10-12,16,18H,3,8-9,13-14H2,1-2H3,(H2,20,21,23). The molecule has 2 aromatic rings. The van der Waals surface area contributed by atoms with Crippen molar-refractivity contribution in [2.45, 2.75) is 44.0 Å². The molecule has 1 aliphatic carbocycles. The van der Waals surface area contributed by atoms with Gasteiger partial charge in [-0.3, -0.25) is 4.99 Å². The van der Waals surface area contributed by atoms with Gasteiger partial charge in [0.25, 0.3) is 0 Å². The molecule has 0 spiro atoms. The quantitative estimate of drug-likeness (QED) is 0.616. The van der Waals surface area contributed by atoms with Crippen molar-refractivity contribution in [3.8, 4) is 5.69 Å². The zero-order chi connectivity index (χ0) is 17.5. The average Bonchev–Trinajstić information content (AvgIpc) is 3.31. The van der Waals surface area contributed by atoms with Gasteiger partial charge in [0.2, 0.25) is 0 Å². The molecule has 0 bridgehead atoms. The van der Waals surface area contributed by atoms with Crippen molar-refractivity contribution in [2.75, 3.05) is 12.8 Å². The Morgan fingerprint density at radius 1 is 1.36 bits per heavy atom. The lowest BCUT2D eigenvalue weighted by Gasteiger charge is -2.17. The molecule has 1 heterocycles. The van der Waals surface area contributed by atoms with Gasteiger partial charge in [0, 0.05) is 37.3 Å². The van der Waals surface area contributed by atoms with Crippen LogP contribution in [-0.4, -0.2) is 39.8 Å². The zero-order valence-electron chi connectivity index (χ0n) is 15.0. The summed E-state index contributed by atoms with van der Waals surface area (Å²) in [5.74, 6) is 2.09. The van der Waals surface area contributed by atoms with Gasteiger partial charge >= 0.3 is 0 Å². The summed E-state index contributed by atoms with van der Waals surface area (Å²) < 4.78 is 1.88. The van der Waals surface area contributed by atoms with E-state index < -0.39 is 0 Å². The maximum absolute atomic E-state index is 4.38. The van der Waals surface area contributed by atoms with Crippen molar-refractivity contribution in [1.82, 2.24) is 20.4 Å². The molecule has 0 amide bonds. The van der Waals surface area contributed by atoms with Crippen LogP contribution in [0.15, 0.2) is 47.7 Å². The van der Waals surface area contributed by atoms with Crippen LogP contribution in [-0.2, 0) is 6.54 Å². The number of rotatable bonds is 6. The Bertz CT molecular complexity index is 683. The molecule has 0 radical (unpaired) electrons. The molecular weight excluding hydrogens is 330 g/mol. The number of hydrogen-bond donors (Lipinski definition) is 2. The molecule has 1 saturated carbocycles. The minimum Gasteiger partial charge on any atom is -0.354 e. The van der Waals surface area contributed by atoms with E-state index in [9.17, 15) is 0 Å². The predicted molar refractivity (Wildman–Crippen MR) is 106 cm³/mol. The van der Waals surface area contributed by atoms with Gasteiger partial charge in [-0.15, -0.1) is 0 Å². The number of aromatic nitrogens is 2. The first-order valence-electron chi connectivity index (χ1n) is 8.96. The highest BCUT2D eigenvalue weighted by Gasteiger charge is 2.24. The van der Waals surface area contributed by atoms with E-state index in [-0.39, 0.29) is 0 Å². The van der Waals surface area contributed by atoms with Crippen LogP contribution in [0.2, 0.25) is 0 Å². The molecule has 1 aliphatic rings. The van der Waals surface area contributed by atoms with Crippen molar-refractivity contribution in [2.24, 2.45) is 4.99 Å². The van der Waals surface area contributed by atoms with Crippen LogP contribution in [0.25, 0.3) is 5.69 Å². The highest BCUT2D eigenvalue weighted by Crippen LogP contribution is 2.29. The molecule has 0 saturated heterocycles. The number of thioether (sulfide) groups is 1. The zero-order valence-corrected chi connectivity index (χ0v) is 15.8. The van der Waals surface area contributed by atoms with E-state index in [1.54, 1.807) is 6.20 Å². The fourth-order valence-corrected chi connectivity index (χ4v) is 4.41. The molecule has 3 rings (SSSR count). The number of aliphatic imine (C=N–C) groups is 1. The number of nitrogens with one attached hydrogen (secondary N) is 2. The lowest BCUT2D eigenvalue weighted by molar-refractivity contribution is 0.614. The average molecular weight is 358 g/mol. The van der Waals surface area contributed by atoms with Crippen molar-refractivity contribution in [3.05, 3.63) is 48.3 Å². The van der Waals surface area contributed by atoms with Gasteiger partial charge in [0.1, 0.15) is 0 Å². The fourth-order valence-electron chi connectivity index (χ4n) is 3.26. The Hall–Kier alpha value is -1.95. The molecule has 134 valence electrons. The van der Waals surface area contributed by atoms with E-state index in [4.69, 9.17) is 0 Å². The lowest BCUT2D eigenvalue weighted by atomic mass is 10.2. The minimum atomic E-state index is 0.533. The minimum absolute atomic E-state index is 0.533. The Balaban J connectivity index is 1.53. The maximum Gasteiger partial charge on any atom is 0.191 e. The molecule has 2 N–H and O–H groups in total. The van der Waals surface area contributed by atoms with Crippen molar-refractivity contribution < 1.29 is 0 Å². The Kier molecular flexibility index (Phi) is 6.39. The van der Waals surface area contributed by atoms with Gasteiger partial charge in [-0.05, 0) is 48.8 Å². The molecule has 25 heavy (non-hydrogen) atoms. The van der Waals surface area contributed by atoms with E-state index in [0.717, 1.165) is 23.4 Å². The van der Waals surface area contributed by atoms with Crippen molar-refractivity contribution >= 4 is 17.7 Å². The van der Waals surface area contributed by atoms with Crippen LogP contribution in [0.1, 0.15) is 31.7 Å². The van der Waals surface area contributed by atoms with E-state index >= 15 is 0 Å². The van der Waals surface area contributed by atoms with Crippen LogP contribution in [0, 0.1) is 0 Å². The Labute approximate surface area is 154 Å². The summed E-state index contributed by atoms with van der Waals surface area (Å²) in [6.07, 6.45) is 7.51. The number of nitrogens with zero attached hydrogens (tertiary/aromatic N) is 3. The number of guanidine groups is 1. The molecule has 1 fully saturated rings. The summed E-state index contributed by atoms with van der Waals surface area (Å²) in [6.45, 7) is 2.98. The van der Waals surface area contributed by atoms with Gasteiger partial charge in [-0.2, -0.15) is 16.9 Å². The van der Waals surface area contributed by atoms with Gasteiger partial charge in [-0.25, -0.2) is 4.68 Å². The first-order chi connectivity index (χ1) is 12.3. The second kappa shape index (κ2) is 8.94. The normalized spacial score (nSPS) is 20.6. The first kappa shape index (κ1) is 17.9. The highest BCUT2D eigenvalue weighted by atomic mass is 32.2. The molecule has 1 aromatic heterocycles. The van der Waals surface area contributed by atoms with Crippen LogP contribution < -0.4 is 10.6 Å².